The molecule has 0 saturated carbocycles. The molecule has 0 atom stereocenters. The lowest BCUT2D eigenvalue weighted by Crippen LogP contribution is -2.46. The number of piperazine rings is 1. The van der Waals surface area contributed by atoms with Crippen molar-refractivity contribution in [2.24, 2.45) is 0 Å². The summed E-state index contributed by atoms with van der Waals surface area (Å²) in [5.41, 5.74) is 0.133. The SMILES string of the molecule is Fc1cccc(CN2CCN(c3cccc(C(F)(F)F)c3)CC2)c1F. The second-order valence-electron chi connectivity index (χ2n) is 6.02. The van der Waals surface area contributed by atoms with Crippen LogP contribution in [0.4, 0.5) is 27.6 Å². The van der Waals surface area contributed by atoms with E-state index in [1.807, 2.05) is 9.80 Å². The third-order valence-corrected chi connectivity index (χ3v) is 4.34. The van der Waals surface area contributed by atoms with E-state index in [0.29, 0.717) is 31.9 Å². The van der Waals surface area contributed by atoms with Crippen molar-refractivity contribution < 1.29 is 22.0 Å². The molecule has 1 saturated heterocycles. The third-order valence-electron chi connectivity index (χ3n) is 4.34. The molecule has 7 heteroatoms. The van der Waals surface area contributed by atoms with E-state index >= 15 is 0 Å². The molecule has 0 bridgehead atoms. The quantitative estimate of drug-likeness (QED) is 0.757. The van der Waals surface area contributed by atoms with Crippen LogP contribution in [0, 0.1) is 11.6 Å². The molecule has 3 rings (SSSR count). The standard InChI is InChI=1S/C18H17F5N2/c19-16-6-1-3-13(17(16)20)12-24-7-9-25(10-8-24)15-5-2-4-14(11-15)18(21,22)23/h1-6,11H,7-10,12H2. The third kappa shape index (κ3) is 4.10. The molecular formula is C18H17F5N2. The van der Waals surface area contributed by atoms with Crippen LogP contribution in [0.3, 0.4) is 0 Å². The molecule has 1 fully saturated rings. The van der Waals surface area contributed by atoms with Crippen molar-refractivity contribution in [2.45, 2.75) is 12.7 Å². The Morgan fingerprint density at radius 1 is 0.880 bits per heavy atom. The van der Waals surface area contributed by atoms with Gasteiger partial charge in [-0.1, -0.05) is 18.2 Å². The molecular weight excluding hydrogens is 339 g/mol. The van der Waals surface area contributed by atoms with Crippen molar-refractivity contribution in [3.05, 3.63) is 65.2 Å². The highest BCUT2D eigenvalue weighted by atomic mass is 19.4. The molecule has 2 nitrogen and oxygen atoms in total. The Labute approximate surface area is 142 Å². The maximum absolute atomic E-state index is 13.7. The maximum atomic E-state index is 13.7. The number of hydrogen-bond acceptors (Lipinski definition) is 2. The number of rotatable bonds is 3. The Bertz CT molecular complexity index is 736. The fraction of sp³-hybridized carbons (Fsp3) is 0.333. The molecule has 0 radical (unpaired) electrons. The van der Waals surface area contributed by atoms with Crippen molar-refractivity contribution in [3.8, 4) is 0 Å². The predicted molar refractivity (Wildman–Crippen MR) is 85.3 cm³/mol. The van der Waals surface area contributed by atoms with Crippen LogP contribution < -0.4 is 4.90 Å². The number of hydrogen-bond donors (Lipinski definition) is 0. The normalized spacial score (nSPS) is 16.3. The summed E-state index contributed by atoms with van der Waals surface area (Å²) < 4.78 is 65.4. The summed E-state index contributed by atoms with van der Waals surface area (Å²) in [7, 11) is 0. The van der Waals surface area contributed by atoms with E-state index in [-0.39, 0.29) is 12.1 Å². The van der Waals surface area contributed by atoms with Crippen molar-refractivity contribution in [1.29, 1.82) is 0 Å². The molecule has 1 heterocycles. The van der Waals surface area contributed by atoms with E-state index < -0.39 is 23.4 Å². The summed E-state index contributed by atoms with van der Waals surface area (Å²) in [6.07, 6.45) is -4.37. The van der Waals surface area contributed by atoms with Gasteiger partial charge in [0.1, 0.15) is 0 Å². The van der Waals surface area contributed by atoms with Crippen molar-refractivity contribution in [2.75, 3.05) is 31.1 Å². The molecule has 2 aromatic carbocycles. The van der Waals surface area contributed by atoms with Crippen LogP contribution in [0.1, 0.15) is 11.1 Å². The Hall–Kier alpha value is -2.15. The first-order valence-corrected chi connectivity index (χ1v) is 7.92. The predicted octanol–water partition coefficient (Wildman–Crippen LogP) is 4.31. The molecule has 0 aromatic heterocycles. The van der Waals surface area contributed by atoms with Gasteiger partial charge in [0, 0.05) is 44.0 Å². The van der Waals surface area contributed by atoms with Gasteiger partial charge in [0.05, 0.1) is 5.56 Å². The summed E-state index contributed by atoms with van der Waals surface area (Å²) in [4.78, 5) is 3.83. The smallest absolute Gasteiger partial charge is 0.369 e. The lowest BCUT2D eigenvalue weighted by Gasteiger charge is -2.36. The minimum atomic E-state index is -4.37. The van der Waals surface area contributed by atoms with Crippen molar-refractivity contribution >= 4 is 5.69 Å². The van der Waals surface area contributed by atoms with Crippen LogP contribution in [0.25, 0.3) is 0 Å². The van der Waals surface area contributed by atoms with Crippen LogP contribution in [0.15, 0.2) is 42.5 Å². The van der Waals surface area contributed by atoms with Gasteiger partial charge in [0.2, 0.25) is 0 Å². The van der Waals surface area contributed by atoms with Crippen LogP contribution in [-0.2, 0) is 12.7 Å². The number of benzene rings is 2. The summed E-state index contributed by atoms with van der Waals surface area (Å²) in [6.45, 7) is 2.45. The van der Waals surface area contributed by atoms with E-state index in [4.69, 9.17) is 0 Å². The largest absolute Gasteiger partial charge is 0.416 e. The fourth-order valence-electron chi connectivity index (χ4n) is 2.95. The Morgan fingerprint density at radius 3 is 2.24 bits per heavy atom. The molecule has 0 amide bonds. The van der Waals surface area contributed by atoms with Gasteiger partial charge in [0.25, 0.3) is 0 Å². The molecule has 0 N–H and O–H groups in total. The molecule has 0 unspecified atom stereocenters. The van der Waals surface area contributed by atoms with Crippen LogP contribution >= 0.6 is 0 Å². The van der Waals surface area contributed by atoms with Crippen LogP contribution in [0.2, 0.25) is 0 Å². The van der Waals surface area contributed by atoms with Gasteiger partial charge in [0.15, 0.2) is 11.6 Å². The first-order chi connectivity index (χ1) is 11.8. The summed E-state index contributed by atoms with van der Waals surface area (Å²) in [5.74, 6) is -1.72. The zero-order chi connectivity index (χ0) is 18.0. The van der Waals surface area contributed by atoms with E-state index in [2.05, 4.69) is 0 Å². The highest BCUT2D eigenvalue weighted by molar-refractivity contribution is 5.49. The Balaban J connectivity index is 1.63. The van der Waals surface area contributed by atoms with Crippen LogP contribution in [0.5, 0.6) is 0 Å². The van der Waals surface area contributed by atoms with Gasteiger partial charge in [-0.2, -0.15) is 13.2 Å². The molecule has 1 aliphatic rings. The summed E-state index contributed by atoms with van der Waals surface area (Å²) >= 11 is 0. The van der Waals surface area contributed by atoms with Gasteiger partial charge < -0.3 is 4.90 Å². The van der Waals surface area contributed by atoms with Crippen molar-refractivity contribution in [3.63, 3.8) is 0 Å². The zero-order valence-electron chi connectivity index (χ0n) is 13.4. The monoisotopic (exact) mass is 356 g/mol. The van der Waals surface area contributed by atoms with E-state index in [0.717, 1.165) is 18.2 Å². The molecule has 134 valence electrons. The number of anilines is 1. The molecule has 25 heavy (non-hydrogen) atoms. The highest BCUT2D eigenvalue weighted by Gasteiger charge is 2.31. The fourth-order valence-corrected chi connectivity index (χ4v) is 2.95. The minimum absolute atomic E-state index is 0.278. The topological polar surface area (TPSA) is 6.48 Å². The summed E-state index contributed by atoms with van der Waals surface area (Å²) in [5, 5.41) is 0. The average Bonchev–Trinajstić information content (AvgIpc) is 2.59. The number of halogens is 5. The van der Waals surface area contributed by atoms with E-state index in [1.165, 1.54) is 18.2 Å². The van der Waals surface area contributed by atoms with Crippen LogP contribution in [-0.4, -0.2) is 31.1 Å². The lowest BCUT2D eigenvalue weighted by atomic mass is 10.1. The van der Waals surface area contributed by atoms with E-state index in [9.17, 15) is 22.0 Å². The lowest BCUT2D eigenvalue weighted by molar-refractivity contribution is -0.137. The molecule has 1 aliphatic heterocycles. The Kier molecular flexibility index (Phi) is 4.94. The van der Waals surface area contributed by atoms with Gasteiger partial charge in [-0.3, -0.25) is 4.90 Å². The summed E-state index contributed by atoms with van der Waals surface area (Å²) in [6, 6.07) is 9.31. The molecule has 0 aliphatic carbocycles. The maximum Gasteiger partial charge on any atom is 0.416 e. The highest BCUT2D eigenvalue weighted by Crippen LogP contribution is 2.32. The second kappa shape index (κ2) is 7.00. The van der Waals surface area contributed by atoms with Gasteiger partial charge in [-0.25, -0.2) is 8.78 Å². The zero-order valence-corrected chi connectivity index (χ0v) is 13.4. The number of alkyl halides is 3. The average molecular weight is 356 g/mol. The molecule has 0 spiro atoms. The van der Waals surface area contributed by atoms with Gasteiger partial charge in [-0.05, 0) is 24.3 Å². The van der Waals surface area contributed by atoms with E-state index in [1.54, 1.807) is 6.07 Å². The van der Waals surface area contributed by atoms with Gasteiger partial charge >= 0.3 is 6.18 Å². The van der Waals surface area contributed by atoms with Crippen molar-refractivity contribution in [1.82, 2.24) is 4.90 Å². The minimum Gasteiger partial charge on any atom is -0.369 e. The van der Waals surface area contributed by atoms with Gasteiger partial charge in [-0.15, -0.1) is 0 Å². The molecule has 2 aromatic rings. The second-order valence-corrected chi connectivity index (χ2v) is 6.02. The first-order valence-electron chi connectivity index (χ1n) is 7.92. The Morgan fingerprint density at radius 2 is 1.56 bits per heavy atom. The first kappa shape index (κ1) is 17.7. The number of nitrogens with zero attached hydrogens (tertiary/aromatic N) is 2.